The average Bonchev–Trinajstić information content (AvgIpc) is 3.19. The lowest BCUT2D eigenvalue weighted by Gasteiger charge is -2.15. The number of thioether (sulfide) groups is 1. The van der Waals surface area contributed by atoms with E-state index in [4.69, 9.17) is 33.3 Å². The van der Waals surface area contributed by atoms with Crippen LogP contribution in [0.4, 0.5) is 0 Å². The molecule has 1 atom stereocenters. The monoisotopic (exact) mass is 421 g/mol. The molecule has 8 heteroatoms. The Balaban J connectivity index is 1.75. The van der Waals surface area contributed by atoms with Crippen LogP contribution in [-0.4, -0.2) is 32.7 Å². The molecule has 27 heavy (non-hydrogen) atoms. The van der Waals surface area contributed by atoms with Gasteiger partial charge >= 0.3 is 5.97 Å². The van der Waals surface area contributed by atoms with Crippen molar-refractivity contribution in [2.24, 2.45) is 5.92 Å². The van der Waals surface area contributed by atoms with Gasteiger partial charge in [0.05, 0.1) is 15.8 Å². The summed E-state index contributed by atoms with van der Waals surface area (Å²) in [7, 11) is 0. The standard InChI is InChI=1S/C19H16ClNO4S2/c1-11(18(23)24)8-9-21-17(22)16(27-19(21)26)10-12-6-7-15(25-12)13-4-2-3-5-14(13)20/h2-7,10-11H,8-9H2,1H3,(H,23,24)/b16-10-. The van der Waals surface area contributed by atoms with Crippen LogP contribution in [0.15, 0.2) is 45.7 Å². The second kappa shape index (κ2) is 8.29. The fourth-order valence-electron chi connectivity index (χ4n) is 2.50. The van der Waals surface area contributed by atoms with Crippen molar-refractivity contribution in [3.63, 3.8) is 0 Å². The molecule has 140 valence electrons. The molecular weight excluding hydrogens is 406 g/mol. The molecule has 0 saturated carbocycles. The molecule has 1 aromatic carbocycles. The van der Waals surface area contributed by atoms with Gasteiger partial charge in [-0.05, 0) is 30.7 Å². The number of hydrogen-bond donors (Lipinski definition) is 1. The molecule has 1 aliphatic heterocycles. The van der Waals surface area contributed by atoms with E-state index < -0.39 is 11.9 Å². The summed E-state index contributed by atoms with van der Waals surface area (Å²) in [6.45, 7) is 1.88. The van der Waals surface area contributed by atoms with E-state index in [0.29, 0.717) is 32.2 Å². The highest BCUT2D eigenvalue weighted by Crippen LogP contribution is 2.35. The van der Waals surface area contributed by atoms with Gasteiger partial charge in [0.1, 0.15) is 15.8 Å². The minimum Gasteiger partial charge on any atom is -0.481 e. The quantitative estimate of drug-likeness (QED) is 0.527. The van der Waals surface area contributed by atoms with Gasteiger partial charge in [-0.25, -0.2) is 0 Å². The number of carbonyl (C=O) groups excluding carboxylic acids is 1. The van der Waals surface area contributed by atoms with Crippen molar-refractivity contribution >= 4 is 57.9 Å². The Labute approximate surface area is 171 Å². The van der Waals surface area contributed by atoms with Crippen molar-refractivity contribution in [3.8, 4) is 11.3 Å². The summed E-state index contributed by atoms with van der Waals surface area (Å²) >= 11 is 12.6. The topological polar surface area (TPSA) is 70.8 Å². The minimum absolute atomic E-state index is 0.238. The summed E-state index contributed by atoms with van der Waals surface area (Å²) in [6.07, 6.45) is 1.98. The first-order valence-electron chi connectivity index (χ1n) is 8.19. The molecule has 1 unspecified atom stereocenters. The van der Waals surface area contributed by atoms with Gasteiger partial charge in [-0.1, -0.05) is 54.6 Å². The van der Waals surface area contributed by atoms with E-state index in [2.05, 4.69) is 0 Å². The highest BCUT2D eigenvalue weighted by atomic mass is 35.5. The molecule has 1 N–H and O–H groups in total. The van der Waals surface area contributed by atoms with Gasteiger partial charge in [0.15, 0.2) is 0 Å². The van der Waals surface area contributed by atoms with E-state index in [1.165, 1.54) is 16.7 Å². The maximum absolute atomic E-state index is 12.6. The van der Waals surface area contributed by atoms with Gasteiger partial charge in [-0.15, -0.1) is 0 Å². The van der Waals surface area contributed by atoms with Gasteiger partial charge in [-0.3, -0.25) is 14.5 Å². The van der Waals surface area contributed by atoms with E-state index in [9.17, 15) is 9.59 Å². The van der Waals surface area contributed by atoms with Crippen LogP contribution in [0, 0.1) is 5.92 Å². The van der Waals surface area contributed by atoms with Crippen molar-refractivity contribution in [1.29, 1.82) is 0 Å². The van der Waals surface area contributed by atoms with Crippen LogP contribution in [0.3, 0.4) is 0 Å². The number of rotatable bonds is 6. The van der Waals surface area contributed by atoms with Crippen molar-refractivity contribution in [2.75, 3.05) is 6.54 Å². The van der Waals surface area contributed by atoms with Crippen molar-refractivity contribution in [3.05, 3.63) is 52.1 Å². The van der Waals surface area contributed by atoms with Gasteiger partial charge < -0.3 is 9.52 Å². The lowest BCUT2D eigenvalue weighted by molar-refractivity contribution is -0.141. The number of benzene rings is 1. The SMILES string of the molecule is CC(CCN1C(=O)/C(=C/c2ccc(-c3ccccc3Cl)o2)SC1=S)C(=O)O. The number of amides is 1. The molecule has 0 spiro atoms. The molecule has 1 aliphatic rings. The van der Waals surface area contributed by atoms with Crippen LogP contribution in [0.5, 0.6) is 0 Å². The normalized spacial score (nSPS) is 17.0. The highest BCUT2D eigenvalue weighted by molar-refractivity contribution is 8.26. The van der Waals surface area contributed by atoms with E-state index in [0.717, 1.165) is 5.56 Å². The zero-order chi connectivity index (χ0) is 19.6. The Morgan fingerprint density at radius 2 is 2.11 bits per heavy atom. The van der Waals surface area contributed by atoms with Gasteiger partial charge in [0.25, 0.3) is 5.91 Å². The second-order valence-corrected chi connectivity index (χ2v) is 8.13. The zero-order valence-electron chi connectivity index (χ0n) is 14.3. The number of halogens is 1. The van der Waals surface area contributed by atoms with Crippen LogP contribution in [0.1, 0.15) is 19.1 Å². The molecule has 1 saturated heterocycles. The maximum atomic E-state index is 12.6. The Bertz CT molecular complexity index is 937. The predicted octanol–water partition coefficient (Wildman–Crippen LogP) is 4.91. The zero-order valence-corrected chi connectivity index (χ0v) is 16.7. The van der Waals surface area contributed by atoms with Crippen molar-refractivity contribution < 1.29 is 19.1 Å². The van der Waals surface area contributed by atoms with Gasteiger partial charge in [-0.2, -0.15) is 0 Å². The largest absolute Gasteiger partial charge is 0.481 e. The van der Waals surface area contributed by atoms with Gasteiger partial charge in [0.2, 0.25) is 0 Å². The summed E-state index contributed by atoms with van der Waals surface area (Å²) in [4.78, 5) is 25.4. The Kier molecular flexibility index (Phi) is 6.04. The molecule has 0 aliphatic carbocycles. The maximum Gasteiger partial charge on any atom is 0.306 e. The van der Waals surface area contributed by atoms with E-state index in [1.807, 2.05) is 18.2 Å². The number of thiocarbonyl (C=S) groups is 1. The third kappa shape index (κ3) is 4.43. The Morgan fingerprint density at radius 1 is 1.37 bits per heavy atom. The first-order valence-corrected chi connectivity index (χ1v) is 9.80. The molecular formula is C19H16ClNO4S2. The number of furan rings is 1. The smallest absolute Gasteiger partial charge is 0.306 e. The van der Waals surface area contributed by atoms with E-state index in [1.54, 1.807) is 31.2 Å². The summed E-state index contributed by atoms with van der Waals surface area (Å²) in [5, 5.41) is 9.56. The molecule has 1 aromatic heterocycles. The van der Waals surface area contributed by atoms with Crippen LogP contribution in [0.25, 0.3) is 17.4 Å². The Hall–Kier alpha value is -2.09. The lowest BCUT2D eigenvalue weighted by Crippen LogP contribution is -2.31. The lowest BCUT2D eigenvalue weighted by atomic mass is 10.1. The third-order valence-corrected chi connectivity index (χ3v) is 5.83. The van der Waals surface area contributed by atoms with E-state index in [-0.39, 0.29) is 12.5 Å². The summed E-state index contributed by atoms with van der Waals surface area (Å²) in [6, 6.07) is 10.9. The average molecular weight is 422 g/mol. The molecule has 3 rings (SSSR count). The van der Waals surface area contributed by atoms with Crippen LogP contribution >= 0.6 is 35.6 Å². The predicted molar refractivity (Wildman–Crippen MR) is 110 cm³/mol. The minimum atomic E-state index is -0.890. The third-order valence-electron chi connectivity index (χ3n) is 4.12. The summed E-state index contributed by atoms with van der Waals surface area (Å²) in [5.74, 6) is -0.541. The molecule has 0 radical (unpaired) electrons. The van der Waals surface area contributed by atoms with Crippen LogP contribution in [-0.2, 0) is 9.59 Å². The highest BCUT2D eigenvalue weighted by Gasteiger charge is 2.32. The number of aliphatic carboxylic acids is 1. The number of nitrogens with zero attached hydrogens (tertiary/aromatic N) is 1. The number of carboxylic acids is 1. The molecule has 0 bridgehead atoms. The second-order valence-electron chi connectivity index (χ2n) is 6.04. The fourth-order valence-corrected chi connectivity index (χ4v) is 4.02. The number of hydrogen-bond acceptors (Lipinski definition) is 5. The number of carboxylic acid groups (broad SMARTS) is 1. The number of carbonyl (C=O) groups is 2. The van der Waals surface area contributed by atoms with Crippen LogP contribution < -0.4 is 0 Å². The van der Waals surface area contributed by atoms with Crippen molar-refractivity contribution in [1.82, 2.24) is 4.90 Å². The molecule has 2 aromatic rings. The summed E-state index contributed by atoms with van der Waals surface area (Å²) in [5.41, 5.74) is 0.772. The van der Waals surface area contributed by atoms with Crippen molar-refractivity contribution in [2.45, 2.75) is 13.3 Å². The molecule has 1 fully saturated rings. The molecule has 1 amide bonds. The molecule has 5 nitrogen and oxygen atoms in total. The molecule has 2 heterocycles. The first kappa shape index (κ1) is 19.7. The fraction of sp³-hybridized carbons (Fsp3) is 0.211. The Morgan fingerprint density at radius 3 is 2.81 bits per heavy atom. The van der Waals surface area contributed by atoms with Crippen LogP contribution in [0.2, 0.25) is 5.02 Å². The summed E-state index contributed by atoms with van der Waals surface area (Å²) < 4.78 is 6.21. The first-order chi connectivity index (χ1) is 12.9. The van der Waals surface area contributed by atoms with E-state index >= 15 is 0 Å². The van der Waals surface area contributed by atoms with Gasteiger partial charge in [0, 0.05) is 18.2 Å².